The fourth-order valence-electron chi connectivity index (χ4n) is 2.31. The number of carbonyl (C=O) groups is 1. The molecule has 1 amide bonds. The molecular formula is C15H9F3N2O. The number of benzene rings is 2. The summed E-state index contributed by atoms with van der Waals surface area (Å²) in [5.74, 6) is -0.725. The minimum Gasteiger partial charge on any atom is -0.366 e. The van der Waals surface area contributed by atoms with Gasteiger partial charge in [-0.15, -0.1) is 0 Å². The second-order valence-electron chi connectivity index (χ2n) is 4.60. The molecule has 0 radical (unpaired) electrons. The van der Waals surface area contributed by atoms with Crippen molar-refractivity contribution in [1.82, 2.24) is 4.98 Å². The maximum absolute atomic E-state index is 13.0. The van der Waals surface area contributed by atoms with E-state index >= 15 is 0 Å². The number of fused-ring (bicyclic) bond motifs is 2. The van der Waals surface area contributed by atoms with Gasteiger partial charge in [-0.2, -0.15) is 13.2 Å². The molecule has 3 aromatic rings. The van der Waals surface area contributed by atoms with Gasteiger partial charge in [-0.1, -0.05) is 24.3 Å². The molecule has 0 fully saturated rings. The summed E-state index contributed by atoms with van der Waals surface area (Å²) < 4.78 is 39.1. The van der Waals surface area contributed by atoms with Crippen molar-refractivity contribution in [3.8, 4) is 0 Å². The minimum atomic E-state index is -4.51. The maximum Gasteiger partial charge on any atom is 0.418 e. The first-order chi connectivity index (χ1) is 9.88. The monoisotopic (exact) mass is 290 g/mol. The molecule has 21 heavy (non-hydrogen) atoms. The number of hydrogen-bond acceptors (Lipinski definition) is 2. The summed E-state index contributed by atoms with van der Waals surface area (Å²) in [4.78, 5) is 15.4. The minimum absolute atomic E-state index is 0.103. The lowest BCUT2D eigenvalue weighted by molar-refractivity contribution is -0.136. The number of nitrogens with two attached hydrogens (primary N) is 1. The molecule has 2 N–H and O–H groups in total. The van der Waals surface area contributed by atoms with Gasteiger partial charge in [0.05, 0.1) is 22.2 Å². The third-order valence-electron chi connectivity index (χ3n) is 3.24. The standard InChI is InChI=1S/C15H9F3N2O/c16-15(17,18)11-6-2-4-9-7-8-3-1-5-10(14(19)21)12(8)20-13(9)11/h1-7H,(H2,19,21). The van der Waals surface area contributed by atoms with Crippen LogP contribution in [0.3, 0.4) is 0 Å². The zero-order valence-corrected chi connectivity index (χ0v) is 10.6. The molecular weight excluding hydrogens is 281 g/mol. The van der Waals surface area contributed by atoms with Crippen molar-refractivity contribution in [2.45, 2.75) is 6.18 Å². The van der Waals surface area contributed by atoms with Gasteiger partial charge in [-0.05, 0) is 18.2 Å². The summed E-state index contributed by atoms with van der Waals surface area (Å²) in [6.45, 7) is 0. The largest absolute Gasteiger partial charge is 0.418 e. The second-order valence-corrected chi connectivity index (χ2v) is 4.60. The van der Waals surface area contributed by atoms with E-state index in [2.05, 4.69) is 4.98 Å². The normalized spacial score (nSPS) is 12.0. The molecule has 3 nitrogen and oxygen atoms in total. The number of aromatic nitrogens is 1. The van der Waals surface area contributed by atoms with Gasteiger partial charge in [-0.3, -0.25) is 4.79 Å². The summed E-state index contributed by atoms with van der Waals surface area (Å²) in [5.41, 5.74) is 4.50. The lowest BCUT2D eigenvalue weighted by atomic mass is 10.0. The van der Waals surface area contributed by atoms with Crippen LogP contribution < -0.4 is 5.73 Å². The van der Waals surface area contributed by atoms with Gasteiger partial charge in [-0.25, -0.2) is 4.98 Å². The van der Waals surface area contributed by atoms with Crippen LogP contribution in [0.5, 0.6) is 0 Å². The molecule has 3 rings (SSSR count). The molecule has 0 aliphatic carbocycles. The number of rotatable bonds is 1. The number of carbonyl (C=O) groups excluding carboxylic acids is 1. The van der Waals surface area contributed by atoms with Crippen LogP contribution in [-0.2, 0) is 6.18 Å². The van der Waals surface area contributed by atoms with E-state index in [0.29, 0.717) is 10.8 Å². The van der Waals surface area contributed by atoms with E-state index in [1.807, 2.05) is 0 Å². The van der Waals surface area contributed by atoms with Crippen LogP contribution in [0.4, 0.5) is 13.2 Å². The Hall–Kier alpha value is -2.63. The van der Waals surface area contributed by atoms with Gasteiger partial charge in [0.2, 0.25) is 0 Å². The van der Waals surface area contributed by atoms with Crippen LogP contribution in [0.15, 0.2) is 42.5 Å². The van der Waals surface area contributed by atoms with E-state index in [1.54, 1.807) is 24.3 Å². The van der Waals surface area contributed by atoms with E-state index in [-0.39, 0.29) is 16.6 Å². The third kappa shape index (κ3) is 2.18. The molecule has 6 heteroatoms. The zero-order chi connectivity index (χ0) is 15.2. The van der Waals surface area contributed by atoms with Crippen molar-refractivity contribution in [3.63, 3.8) is 0 Å². The highest BCUT2D eigenvalue weighted by Crippen LogP contribution is 2.35. The van der Waals surface area contributed by atoms with Gasteiger partial charge in [0.25, 0.3) is 5.91 Å². The molecule has 0 spiro atoms. The smallest absolute Gasteiger partial charge is 0.366 e. The van der Waals surface area contributed by atoms with Crippen LogP contribution in [0.1, 0.15) is 15.9 Å². The summed E-state index contributed by atoms with van der Waals surface area (Å²) in [5, 5.41) is 0.928. The van der Waals surface area contributed by atoms with Crippen LogP contribution in [0.25, 0.3) is 21.8 Å². The fraction of sp³-hybridized carbons (Fsp3) is 0.0667. The first-order valence-electron chi connectivity index (χ1n) is 6.07. The Morgan fingerprint density at radius 3 is 2.24 bits per heavy atom. The fourth-order valence-corrected chi connectivity index (χ4v) is 2.31. The number of amides is 1. The topological polar surface area (TPSA) is 56.0 Å². The van der Waals surface area contributed by atoms with Crippen LogP contribution in [0, 0.1) is 0 Å². The van der Waals surface area contributed by atoms with Crippen LogP contribution >= 0.6 is 0 Å². The Balaban J connectivity index is 2.46. The van der Waals surface area contributed by atoms with E-state index in [0.717, 1.165) is 6.07 Å². The molecule has 1 aromatic heterocycles. The number of pyridine rings is 1. The molecule has 0 saturated carbocycles. The predicted molar refractivity (Wildman–Crippen MR) is 72.8 cm³/mol. The van der Waals surface area contributed by atoms with E-state index in [4.69, 9.17) is 5.73 Å². The van der Waals surface area contributed by atoms with E-state index in [1.165, 1.54) is 12.1 Å². The average Bonchev–Trinajstić information content (AvgIpc) is 2.42. The highest BCUT2D eigenvalue weighted by atomic mass is 19.4. The number of primary amides is 1. The number of hydrogen-bond donors (Lipinski definition) is 1. The summed E-state index contributed by atoms with van der Waals surface area (Å²) in [6.07, 6.45) is -4.51. The Kier molecular flexibility index (Phi) is 2.83. The quantitative estimate of drug-likeness (QED) is 0.697. The summed E-state index contributed by atoms with van der Waals surface area (Å²) >= 11 is 0. The molecule has 0 bridgehead atoms. The van der Waals surface area contributed by atoms with Crippen molar-refractivity contribution >= 4 is 27.7 Å². The lowest BCUT2D eigenvalue weighted by Crippen LogP contribution is -2.12. The van der Waals surface area contributed by atoms with E-state index in [9.17, 15) is 18.0 Å². The highest BCUT2D eigenvalue weighted by molar-refractivity contribution is 6.07. The SMILES string of the molecule is NC(=O)c1cccc2cc3cccc(C(F)(F)F)c3nc12. The number of para-hydroxylation sites is 2. The molecule has 2 aromatic carbocycles. The van der Waals surface area contributed by atoms with Gasteiger partial charge >= 0.3 is 6.18 Å². The Labute approximate surface area is 117 Å². The second kappa shape index (κ2) is 4.44. The predicted octanol–water partition coefficient (Wildman–Crippen LogP) is 3.51. The number of halogens is 3. The molecule has 0 unspecified atom stereocenters. The van der Waals surface area contributed by atoms with Crippen molar-refractivity contribution < 1.29 is 18.0 Å². The van der Waals surface area contributed by atoms with Crippen molar-refractivity contribution in [1.29, 1.82) is 0 Å². The van der Waals surface area contributed by atoms with Gasteiger partial charge in [0.15, 0.2) is 0 Å². The summed E-state index contributed by atoms with van der Waals surface area (Å²) in [6, 6.07) is 10.1. The molecule has 0 atom stereocenters. The first kappa shape index (κ1) is 13.4. The van der Waals surface area contributed by atoms with Crippen LogP contribution in [-0.4, -0.2) is 10.9 Å². The lowest BCUT2D eigenvalue weighted by Gasteiger charge is -2.11. The molecule has 0 aliphatic heterocycles. The molecule has 0 aliphatic rings. The molecule has 106 valence electrons. The van der Waals surface area contributed by atoms with Crippen molar-refractivity contribution in [3.05, 3.63) is 53.6 Å². The van der Waals surface area contributed by atoms with Gasteiger partial charge in [0, 0.05) is 10.8 Å². The molecule has 0 saturated heterocycles. The molecule has 1 heterocycles. The first-order valence-corrected chi connectivity index (χ1v) is 6.07. The van der Waals surface area contributed by atoms with Gasteiger partial charge < -0.3 is 5.73 Å². The number of nitrogens with zero attached hydrogens (tertiary/aromatic N) is 1. The third-order valence-corrected chi connectivity index (χ3v) is 3.24. The Morgan fingerprint density at radius 2 is 1.62 bits per heavy atom. The Morgan fingerprint density at radius 1 is 1.00 bits per heavy atom. The zero-order valence-electron chi connectivity index (χ0n) is 10.6. The van der Waals surface area contributed by atoms with E-state index < -0.39 is 17.6 Å². The average molecular weight is 290 g/mol. The Bertz CT molecular complexity index is 872. The van der Waals surface area contributed by atoms with Crippen molar-refractivity contribution in [2.75, 3.05) is 0 Å². The number of alkyl halides is 3. The van der Waals surface area contributed by atoms with Crippen molar-refractivity contribution in [2.24, 2.45) is 5.73 Å². The van der Waals surface area contributed by atoms with Gasteiger partial charge in [0.1, 0.15) is 0 Å². The maximum atomic E-state index is 13.0. The highest BCUT2D eigenvalue weighted by Gasteiger charge is 2.33. The van der Waals surface area contributed by atoms with Crippen LogP contribution in [0.2, 0.25) is 0 Å². The summed E-state index contributed by atoms with van der Waals surface area (Å²) in [7, 11) is 0.